The lowest BCUT2D eigenvalue weighted by Gasteiger charge is -2.36. The predicted molar refractivity (Wildman–Crippen MR) is 98.5 cm³/mol. The minimum absolute atomic E-state index is 0.0375. The Balaban J connectivity index is 1.53. The van der Waals surface area contributed by atoms with Gasteiger partial charge in [-0.2, -0.15) is 4.98 Å². The Hall–Kier alpha value is -2.77. The van der Waals surface area contributed by atoms with E-state index in [2.05, 4.69) is 20.4 Å². The highest BCUT2D eigenvalue weighted by molar-refractivity contribution is 5.77. The third-order valence-corrected chi connectivity index (χ3v) is 4.74. The van der Waals surface area contributed by atoms with Crippen molar-refractivity contribution in [3.63, 3.8) is 0 Å². The van der Waals surface area contributed by atoms with Gasteiger partial charge in [0.15, 0.2) is 0 Å². The molecule has 8 nitrogen and oxygen atoms in total. The van der Waals surface area contributed by atoms with Gasteiger partial charge in [0.2, 0.25) is 23.5 Å². The van der Waals surface area contributed by atoms with E-state index in [9.17, 15) is 9.59 Å². The van der Waals surface area contributed by atoms with Gasteiger partial charge in [0, 0.05) is 56.9 Å². The number of aryl methyl sites for hydroxylation is 1. The maximum absolute atomic E-state index is 12.7. The second-order valence-corrected chi connectivity index (χ2v) is 6.76. The number of likely N-dealkylation sites (tertiary alicyclic amines) is 1. The molecule has 2 aromatic heterocycles. The minimum Gasteiger partial charge on any atom is -0.356 e. The quantitative estimate of drug-likeness (QED) is 0.798. The van der Waals surface area contributed by atoms with Crippen LogP contribution in [0.15, 0.2) is 29.0 Å². The van der Waals surface area contributed by atoms with Crippen LogP contribution in [0.3, 0.4) is 0 Å². The first kappa shape index (κ1) is 19.0. The summed E-state index contributed by atoms with van der Waals surface area (Å²) in [5, 5.41) is 6.77. The molecule has 1 N–H and O–H groups in total. The van der Waals surface area contributed by atoms with E-state index in [0.29, 0.717) is 31.1 Å². The fourth-order valence-electron chi connectivity index (χ4n) is 3.37. The lowest BCUT2D eigenvalue weighted by atomic mass is 9.98. The summed E-state index contributed by atoms with van der Waals surface area (Å²) in [6, 6.07) is 3.86. The highest BCUT2D eigenvalue weighted by Gasteiger charge is 2.26. The molecule has 0 aliphatic carbocycles. The van der Waals surface area contributed by atoms with Gasteiger partial charge in [0.25, 0.3) is 0 Å². The predicted octanol–water partition coefficient (Wildman–Crippen LogP) is 1.97. The second-order valence-electron chi connectivity index (χ2n) is 6.76. The Morgan fingerprint density at radius 1 is 1.37 bits per heavy atom. The zero-order valence-electron chi connectivity index (χ0n) is 15.6. The van der Waals surface area contributed by atoms with Crippen molar-refractivity contribution >= 4 is 11.8 Å². The average Bonchev–Trinajstić information content (AvgIpc) is 3.16. The molecule has 27 heavy (non-hydrogen) atoms. The summed E-state index contributed by atoms with van der Waals surface area (Å²) >= 11 is 0. The van der Waals surface area contributed by atoms with Crippen LogP contribution in [0.4, 0.5) is 0 Å². The molecule has 1 fully saturated rings. The first-order valence-corrected chi connectivity index (χ1v) is 9.40. The molecular weight excluding hydrogens is 346 g/mol. The number of aromatic nitrogens is 3. The van der Waals surface area contributed by atoms with Crippen molar-refractivity contribution in [1.82, 2.24) is 25.3 Å². The molecule has 144 valence electrons. The van der Waals surface area contributed by atoms with Crippen LogP contribution < -0.4 is 5.32 Å². The lowest BCUT2D eigenvalue weighted by molar-refractivity contribution is -0.135. The number of nitrogens with one attached hydrogen (secondary N) is 1. The van der Waals surface area contributed by atoms with Crippen LogP contribution in [0.2, 0.25) is 0 Å². The van der Waals surface area contributed by atoms with Crippen LogP contribution in [-0.4, -0.2) is 51.0 Å². The molecule has 0 saturated carbocycles. The highest BCUT2D eigenvalue weighted by atomic mass is 16.5. The van der Waals surface area contributed by atoms with E-state index in [-0.39, 0.29) is 17.9 Å². The maximum atomic E-state index is 12.7. The van der Waals surface area contributed by atoms with Crippen molar-refractivity contribution in [1.29, 1.82) is 0 Å². The average molecular weight is 371 g/mol. The molecule has 0 bridgehead atoms. The Kier molecular flexibility index (Phi) is 6.51. The summed E-state index contributed by atoms with van der Waals surface area (Å²) in [5.41, 5.74) is 0.785. The molecule has 0 spiro atoms. The smallest absolute Gasteiger partial charge is 0.227 e. The van der Waals surface area contributed by atoms with Crippen molar-refractivity contribution in [3.8, 4) is 11.4 Å². The van der Waals surface area contributed by atoms with Gasteiger partial charge in [0.1, 0.15) is 0 Å². The van der Waals surface area contributed by atoms with Gasteiger partial charge >= 0.3 is 0 Å². The van der Waals surface area contributed by atoms with E-state index < -0.39 is 0 Å². The van der Waals surface area contributed by atoms with E-state index in [4.69, 9.17) is 4.52 Å². The first-order chi connectivity index (χ1) is 13.1. The Labute approximate surface area is 158 Å². The number of hydrogen-bond acceptors (Lipinski definition) is 6. The molecule has 1 aliphatic rings. The number of amides is 2. The summed E-state index contributed by atoms with van der Waals surface area (Å²) in [7, 11) is 0. The molecule has 3 heterocycles. The molecule has 1 aliphatic heterocycles. The van der Waals surface area contributed by atoms with Crippen molar-refractivity contribution in [2.45, 2.75) is 51.5 Å². The number of nitrogens with zero attached hydrogens (tertiary/aromatic N) is 4. The van der Waals surface area contributed by atoms with Gasteiger partial charge in [0.05, 0.1) is 0 Å². The summed E-state index contributed by atoms with van der Waals surface area (Å²) in [5.74, 6) is 0.999. The summed E-state index contributed by atoms with van der Waals surface area (Å²) < 4.78 is 5.27. The van der Waals surface area contributed by atoms with E-state index in [1.807, 2.05) is 17.0 Å². The van der Waals surface area contributed by atoms with Crippen LogP contribution in [0.5, 0.6) is 0 Å². The zero-order chi connectivity index (χ0) is 19.1. The monoisotopic (exact) mass is 371 g/mol. The van der Waals surface area contributed by atoms with Gasteiger partial charge in [-0.15, -0.1) is 0 Å². The third kappa shape index (κ3) is 5.35. The van der Waals surface area contributed by atoms with Crippen LogP contribution in [0, 0.1) is 0 Å². The number of carbonyl (C=O) groups is 2. The molecule has 2 aromatic rings. The van der Waals surface area contributed by atoms with E-state index in [1.165, 1.54) is 6.92 Å². The molecule has 0 unspecified atom stereocenters. The molecule has 1 saturated heterocycles. The number of piperidine rings is 1. The second kappa shape index (κ2) is 9.25. The number of carbonyl (C=O) groups excluding carboxylic acids is 2. The molecule has 0 aromatic carbocycles. The van der Waals surface area contributed by atoms with Gasteiger partial charge in [-0.1, -0.05) is 5.16 Å². The molecule has 1 atom stereocenters. The van der Waals surface area contributed by atoms with Crippen molar-refractivity contribution in [2.75, 3.05) is 13.1 Å². The van der Waals surface area contributed by atoms with Crippen LogP contribution >= 0.6 is 0 Å². The van der Waals surface area contributed by atoms with E-state index in [0.717, 1.165) is 37.8 Å². The number of rotatable bonds is 7. The fourth-order valence-corrected chi connectivity index (χ4v) is 3.37. The normalized spacial score (nSPS) is 16.9. The molecule has 8 heteroatoms. The minimum atomic E-state index is -0.0375. The third-order valence-electron chi connectivity index (χ3n) is 4.74. The van der Waals surface area contributed by atoms with Crippen molar-refractivity contribution in [2.24, 2.45) is 0 Å². The topological polar surface area (TPSA) is 101 Å². The summed E-state index contributed by atoms with van der Waals surface area (Å²) in [6.07, 6.45) is 8.03. The molecular formula is C19H25N5O3. The van der Waals surface area contributed by atoms with Crippen molar-refractivity contribution in [3.05, 3.63) is 30.4 Å². The van der Waals surface area contributed by atoms with Crippen LogP contribution in [0.1, 0.15) is 44.9 Å². The molecule has 3 rings (SSSR count). The molecule has 2 amide bonds. The fraction of sp³-hybridized carbons (Fsp3) is 0.526. The standard InChI is InChI=1S/C19H25N5O3/c1-14(25)21-11-9-16-6-2-3-12-24(16)18(26)8-7-17-22-19(23-27-17)15-5-4-10-20-13-15/h4-5,10,13,16H,2-3,6-9,11-12H2,1H3,(H,21,25)/t16-/m1/s1. The van der Waals surface area contributed by atoms with Gasteiger partial charge in [-0.05, 0) is 37.8 Å². The summed E-state index contributed by atoms with van der Waals surface area (Å²) in [4.78, 5) is 34.1. The highest BCUT2D eigenvalue weighted by Crippen LogP contribution is 2.21. The maximum Gasteiger partial charge on any atom is 0.227 e. The Bertz CT molecular complexity index is 762. The Morgan fingerprint density at radius 3 is 3.04 bits per heavy atom. The lowest BCUT2D eigenvalue weighted by Crippen LogP contribution is -2.45. The first-order valence-electron chi connectivity index (χ1n) is 9.40. The van der Waals surface area contributed by atoms with Crippen LogP contribution in [-0.2, 0) is 16.0 Å². The van der Waals surface area contributed by atoms with E-state index >= 15 is 0 Å². The van der Waals surface area contributed by atoms with E-state index in [1.54, 1.807) is 12.4 Å². The number of pyridine rings is 1. The van der Waals surface area contributed by atoms with Gasteiger partial charge in [-0.25, -0.2) is 0 Å². The largest absolute Gasteiger partial charge is 0.356 e. The number of hydrogen-bond donors (Lipinski definition) is 1. The van der Waals surface area contributed by atoms with Gasteiger partial charge < -0.3 is 14.7 Å². The van der Waals surface area contributed by atoms with Crippen LogP contribution in [0.25, 0.3) is 11.4 Å². The SMILES string of the molecule is CC(=O)NCC[C@H]1CCCCN1C(=O)CCc1nc(-c2cccnc2)no1. The van der Waals surface area contributed by atoms with Gasteiger partial charge in [-0.3, -0.25) is 14.6 Å². The summed E-state index contributed by atoms with van der Waals surface area (Å²) in [6.45, 7) is 2.88. The molecule has 0 radical (unpaired) electrons. The zero-order valence-corrected chi connectivity index (χ0v) is 15.6. The Morgan fingerprint density at radius 2 is 2.26 bits per heavy atom. The van der Waals surface area contributed by atoms with Crippen molar-refractivity contribution < 1.29 is 14.1 Å².